The third-order valence-electron chi connectivity index (χ3n) is 2.84. The van der Waals surface area contributed by atoms with Gasteiger partial charge < -0.3 is 14.4 Å². The van der Waals surface area contributed by atoms with Crippen LogP contribution in [0, 0.1) is 0 Å². The van der Waals surface area contributed by atoms with Gasteiger partial charge in [0.2, 0.25) is 0 Å². The largest absolute Gasteiger partial charge is 0.494 e. The van der Waals surface area contributed by atoms with Crippen LogP contribution in [0.5, 0.6) is 11.5 Å². The number of hydrogen-bond acceptors (Lipinski definition) is 4. The highest BCUT2D eigenvalue weighted by Crippen LogP contribution is 2.42. The Labute approximate surface area is 116 Å². The molecule has 4 nitrogen and oxygen atoms in total. The van der Waals surface area contributed by atoms with Crippen LogP contribution in [0.4, 0.5) is 0 Å². The number of nitrogens with zero attached hydrogens (tertiary/aromatic N) is 2. The van der Waals surface area contributed by atoms with Gasteiger partial charge in [0.25, 0.3) is 0 Å². The Morgan fingerprint density at radius 2 is 1.89 bits per heavy atom. The Kier molecular flexibility index (Phi) is 3.88. The smallest absolute Gasteiger partial charge is 0.159 e. The summed E-state index contributed by atoms with van der Waals surface area (Å²) in [6.07, 6.45) is 0. The van der Waals surface area contributed by atoms with Crippen molar-refractivity contribution in [3.63, 3.8) is 0 Å². The summed E-state index contributed by atoms with van der Waals surface area (Å²) < 4.78 is 10.5. The van der Waals surface area contributed by atoms with Gasteiger partial charge in [-0.25, -0.2) is 0 Å². The Morgan fingerprint density at radius 3 is 2.39 bits per heavy atom. The molecule has 1 aromatic rings. The SMILES string of the molecule is COc1c(Cl)cc(C2=NCCN2C)c(OC)c1Cl. The number of rotatable bonds is 3. The number of aliphatic imine (C=N–C) groups is 1. The highest BCUT2D eigenvalue weighted by atomic mass is 35.5. The molecule has 6 heteroatoms. The number of amidine groups is 1. The Balaban J connectivity index is 2.61. The molecule has 1 aliphatic rings. The molecule has 0 aromatic heterocycles. The topological polar surface area (TPSA) is 34.1 Å². The van der Waals surface area contributed by atoms with E-state index < -0.39 is 0 Å². The monoisotopic (exact) mass is 288 g/mol. The number of hydrogen-bond donors (Lipinski definition) is 0. The van der Waals surface area contributed by atoms with E-state index in [4.69, 9.17) is 32.7 Å². The Morgan fingerprint density at radius 1 is 1.22 bits per heavy atom. The van der Waals surface area contributed by atoms with Crippen molar-refractivity contribution >= 4 is 29.0 Å². The lowest BCUT2D eigenvalue weighted by Crippen LogP contribution is -2.24. The fraction of sp³-hybridized carbons (Fsp3) is 0.417. The van der Waals surface area contributed by atoms with E-state index in [1.807, 2.05) is 11.9 Å². The van der Waals surface area contributed by atoms with Crippen molar-refractivity contribution in [1.82, 2.24) is 4.90 Å². The van der Waals surface area contributed by atoms with E-state index in [1.165, 1.54) is 7.11 Å². The van der Waals surface area contributed by atoms with Gasteiger partial charge in [-0.05, 0) is 6.07 Å². The van der Waals surface area contributed by atoms with Crippen LogP contribution in [0.1, 0.15) is 5.56 Å². The van der Waals surface area contributed by atoms with Gasteiger partial charge in [0.1, 0.15) is 10.9 Å². The van der Waals surface area contributed by atoms with E-state index in [2.05, 4.69) is 4.99 Å². The fourth-order valence-corrected chi connectivity index (χ4v) is 2.65. The maximum atomic E-state index is 6.24. The van der Waals surface area contributed by atoms with Crippen LogP contribution in [0.2, 0.25) is 10.0 Å². The predicted octanol–water partition coefficient (Wildman–Crippen LogP) is 2.70. The fourth-order valence-electron chi connectivity index (χ4n) is 1.96. The maximum absolute atomic E-state index is 6.24. The summed E-state index contributed by atoms with van der Waals surface area (Å²) in [6, 6.07) is 1.77. The van der Waals surface area contributed by atoms with E-state index in [0.29, 0.717) is 21.5 Å². The minimum Gasteiger partial charge on any atom is -0.494 e. The first kappa shape index (κ1) is 13.3. The van der Waals surface area contributed by atoms with Crippen LogP contribution in [-0.2, 0) is 0 Å². The minimum atomic E-state index is 0.366. The van der Waals surface area contributed by atoms with Gasteiger partial charge in [0.15, 0.2) is 11.5 Å². The summed E-state index contributed by atoms with van der Waals surface area (Å²) in [5, 5.41) is 0.812. The lowest BCUT2D eigenvalue weighted by Gasteiger charge is -2.19. The molecule has 1 aromatic carbocycles. The maximum Gasteiger partial charge on any atom is 0.159 e. The molecule has 0 fully saturated rings. The molecule has 2 rings (SSSR count). The normalized spacial score (nSPS) is 14.7. The molecule has 0 saturated carbocycles. The van der Waals surface area contributed by atoms with Gasteiger partial charge >= 0.3 is 0 Å². The highest BCUT2D eigenvalue weighted by Gasteiger charge is 2.24. The molecule has 1 heterocycles. The van der Waals surface area contributed by atoms with Gasteiger partial charge in [0.05, 0.1) is 31.4 Å². The molecule has 18 heavy (non-hydrogen) atoms. The van der Waals surface area contributed by atoms with Gasteiger partial charge in [-0.2, -0.15) is 0 Å². The molecule has 0 unspecified atom stereocenters. The highest BCUT2D eigenvalue weighted by molar-refractivity contribution is 6.39. The van der Waals surface area contributed by atoms with Crippen molar-refractivity contribution < 1.29 is 9.47 Å². The van der Waals surface area contributed by atoms with Crippen molar-refractivity contribution in [1.29, 1.82) is 0 Å². The van der Waals surface area contributed by atoms with Crippen LogP contribution in [-0.4, -0.2) is 45.1 Å². The molecule has 0 N–H and O–H groups in total. The van der Waals surface area contributed by atoms with Crippen LogP contribution < -0.4 is 9.47 Å². The molecule has 0 saturated heterocycles. The van der Waals surface area contributed by atoms with Crippen LogP contribution >= 0.6 is 23.2 Å². The van der Waals surface area contributed by atoms with Gasteiger partial charge in [-0.1, -0.05) is 23.2 Å². The van der Waals surface area contributed by atoms with Crippen LogP contribution in [0.15, 0.2) is 11.1 Å². The second kappa shape index (κ2) is 5.24. The lowest BCUT2D eigenvalue weighted by molar-refractivity contribution is 0.393. The first-order valence-corrected chi connectivity index (χ1v) is 6.21. The van der Waals surface area contributed by atoms with E-state index in [9.17, 15) is 0 Å². The number of halogens is 2. The number of likely N-dealkylation sites (N-methyl/N-ethyl adjacent to an activating group) is 1. The summed E-state index contributed by atoms with van der Waals surface area (Å²) in [6.45, 7) is 1.63. The van der Waals surface area contributed by atoms with Crippen LogP contribution in [0.3, 0.4) is 0 Å². The van der Waals surface area contributed by atoms with Gasteiger partial charge in [-0.15, -0.1) is 0 Å². The van der Waals surface area contributed by atoms with Crippen molar-refractivity contribution in [2.24, 2.45) is 4.99 Å². The van der Waals surface area contributed by atoms with Gasteiger partial charge in [0, 0.05) is 13.6 Å². The van der Waals surface area contributed by atoms with E-state index in [0.717, 1.165) is 24.5 Å². The lowest BCUT2D eigenvalue weighted by atomic mass is 10.1. The summed E-state index contributed by atoms with van der Waals surface area (Å²) in [7, 11) is 5.05. The second-order valence-electron chi connectivity index (χ2n) is 3.91. The quantitative estimate of drug-likeness (QED) is 0.858. The standard InChI is InChI=1S/C12H14Cl2N2O2/c1-16-5-4-15-12(16)7-6-8(13)11(18-3)9(14)10(7)17-2/h6H,4-5H2,1-3H3. The first-order valence-electron chi connectivity index (χ1n) is 5.46. The average molecular weight is 289 g/mol. The van der Waals surface area contributed by atoms with Gasteiger partial charge in [-0.3, -0.25) is 4.99 Å². The molecule has 0 atom stereocenters. The number of ether oxygens (including phenoxy) is 2. The number of benzene rings is 1. The van der Waals surface area contributed by atoms with Crippen molar-refractivity contribution in [3.05, 3.63) is 21.7 Å². The molecule has 0 spiro atoms. The third-order valence-corrected chi connectivity index (χ3v) is 3.46. The zero-order valence-electron chi connectivity index (χ0n) is 10.5. The third kappa shape index (κ3) is 2.10. The minimum absolute atomic E-state index is 0.366. The van der Waals surface area contributed by atoms with Crippen molar-refractivity contribution in [2.75, 3.05) is 34.4 Å². The average Bonchev–Trinajstić information content (AvgIpc) is 2.75. The summed E-state index contributed by atoms with van der Waals surface area (Å²) in [4.78, 5) is 6.48. The first-order chi connectivity index (χ1) is 8.60. The zero-order chi connectivity index (χ0) is 13.3. The summed E-state index contributed by atoms with van der Waals surface area (Å²) in [5.41, 5.74) is 0.785. The molecule has 0 radical (unpaired) electrons. The molecule has 0 aliphatic carbocycles. The molecular formula is C12H14Cl2N2O2. The van der Waals surface area contributed by atoms with Crippen molar-refractivity contribution in [3.8, 4) is 11.5 Å². The van der Waals surface area contributed by atoms with E-state index in [-0.39, 0.29) is 0 Å². The second-order valence-corrected chi connectivity index (χ2v) is 4.70. The molecule has 0 amide bonds. The molecule has 1 aliphatic heterocycles. The Hall–Kier alpha value is -1.13. The van der Waals surface area contributed by atoms with Crippen molar-refractivity contribution in [2.45, 2.75) is 0 Å². The van der Waals surface area contributed by atoms with E-state index in [1.54, 1.807) is 13.2 Å². The Bertz CT molecular complexity index is 503. The summed E-state index contributed by atoms with van der Waals surface area (Å²) in [5.74, 6) is 1.78. The zero-order valence-corrected chi connectivity index (χ0v) is 12.0. The molecule has 0 bridgehead atoms. The molecular weight excluding hydrogens is 275 g/mol. The van der Waals surface area contributed by atoms with E-state index >= 15 is 0 Å². The summed E-state index contributed by atoms with van der Waals surface area (Å²) >= 11 is 12.4. The van der Waals surface area contributed by atoms with Crippen LogP contribution in [0.25, 0.3) is 0 Å². The molecule has 98 valence electrons. The predicted molar refractivity (Wildman–Crippen MR) is 73.6 cm³/mol. The number of methoxy groups -OCH3 is 2.